The fourth-order valence-electron chi connectivity index (χ4n) is 3.96. The standard InChI is InChI=1S/C20H24F5N5O3/c1-11-9-31-10-12(19(11,21)22)8-29(2)7-6-15-26-18(28-27-15)13-4-5-14-17(16(13)30(3)25)33-20(23,24)32-14/h4-5,11-12H,6-10H2,1-3H3,(H,26,27,28). The van der Waals surface area contributed by atoms with E-state index in [0.29, 0.717) is 18.8 Å². The Kier molecular flexibility index (Phi) is 6.12. The van der Waals surface area contributed by atoms with Crippen LogP contribution < -0.4 is 14.6 Å². The summed E-state index contributed by atoms with van der Waals surface area (Å²) in [5.41, 5.74) is -0.190. The normalized spacial score (nSPS) is 23.2. The molecule has 0 amide bonds. The van der Waals surface area contributed by atoms with E-state index in [1.807, 2.05) is 0 Å². The molecule has 0 bridgehead atoms. The molecule has 13 heteroatoms. The number of anilines is 1. The molecule has 1 saturated heterocycles. The smallest absolute Gasteiger partial charge is 0.395 e. The fourth-order valence-corrected chi connectivity index (χ4v) is 3.96. The summed E-state index contributed by atoms with van der Waals surface area (Å²) in [5.74, 6) is -4.84. The molecular weight excluding hydrogens is 453 g/mol. The molecule has 3 heterocycles. The molecule has 1 fully saturated rings. The maximum Gasteiger partial charge on any atom is 0.586 e. The van der Waals surface area contributed by atoms with Gasteiger partial charge in [-0.1, -0.05) is 6.92 Å². The van der Waals surface area contributed by atoms with Crippen molar-refractivity contribution in [3.8, 4) is 22.9 Å². The Morgan fingerprint density at radius 2 is 1.91 bits per heavy atom. The highest BCUT2D eigenvalue weighted by molar-refractivity contribution is 5.82. The van der Waals surface area contributed by atoms with E-state index in [0.717, 1.165) is 7.05 Å². The van der Waals surface area contributed by atoms with Gasteiger partial charge in [0.2, 0.25) is 0 Å². The Bertz CT molecular complexity index is 1000. The van der Waals surface area contributed by atoms with Crippen LogP contribution in [0, 0.1) is 11.8 Å². The lowest BCUT2D eigenvalue weighted by atomic mass is 9.89. The van der Waals surface area contributed by atoms with E-state index in [1.54, 1.807) is 11.9 Å². The lowest BCUT2D eigenvalue weighted by Gasteiger charge is -2.38. The van der Waals surface area contributed by atoms with Crippen molar-refractivity contribution in [2.75, 3.05) is 45.5 Å². The average molecular weight is 477 g/mol. The summed E-state index contributed by atoms with van der Waals surface area (Å²) in [6.07, 6.45) is -3.56. The number of H-pyrrole nitrogens is 1. The maximum absolute atomic E-state index is 14.4. The number of aromatic nitrogens is 3. The molecule has 0 radical (unpaired) electrons. The van der Waals surface area contributed by atoms with Crippen LogP contribution in [0.3, 0.4) is 0 Å². The quantitative estimate of drug-likeness (QED) is 0.483. The van der Waals surface area contributed by atoms with E-state index in [1.165, 1.54) is 19.1 Å². The van der Waals surface area contributed by atoms with E-state index in [-0.39, 0.29) is 47.7 Å². The molecule has 1 aromatic heterocycles. The first-order valence-corrected chi connectivity index (χ1v) is 10.4. The van der Waals surface area contributed by atoms with E-state index in [2.05, 4.69) is 24.7 Å². The molecule has 8 nitrogen and oxygen atoms in total. The first-order valence-electron chi connectivity index (χ1n) is 10.4. The van der Waals surface area contributed by atoms with Crippen molar-refractivity contribution in [1.82, 2.24) is 20.1 Å². The van der Waals surface area contributed by atoms with Crippen LogP contribution >= 0.6 is 0 Å². The van der Waals surface area contributed by atoms with Gasteiger partial charge in [0.25, 0.3) is 5.92 Å². The van der Waals surface area contributed by atoms with Crippen LogP contribution in [-0.4, -0.2) is 72.7 Å². The lowest BCUT2D eigenvalue weighted by Crippen LogP contribution is -2.49. The molecule has 2 atom stereocenters. The summed E-state index contributed by atoms with van der Waals surface area (Å²) in [4.78, 5) is 6.06. The Hall–Kier alpha value is -2.67. The summed E-state index contributed by atoms with van der Waals surface area (Å²) in [6, 6.07) is 2.57. The van der Waals surface area contributed by atoms with Gasteiger partial charge in [-0.05, 0) is 19.2 Å². The minimum atomic E-state index is -3.90. The second-order valence-electron chi connectivity index (χ2n) is 8.36. The van der Waals surface area contributed by atoms with Gasteiger partial charge >= 0.3 is 6.29 Å². The third-order valence-corrected chi connectivity index (χ3v) is 5.78. The third kappa shape index (κ3) is 4.69. The highest BCUT2D eigenvalue weighted by Gasteiger charge is 2.48. The number of halogens is 5. The number of aromatic amines is 1. The summed E-state index contributed by atoms with van der Waals surface area (Å²) in [6.45, 7) is 2.06. The molecule has 2 aliphatic heterocycles. The second-order valence-corrected chi connectivity index (χ2v) is 8.36. The zero-order valence-electron chi connectivity index (χ0n) is 18.2. The van der Waals surface area contributed by atoms with E-state index in [4.69, 9.17) is 4.74 Å². The Morgan fingerprint density at radius 1 is 1.15 bits per heavy atom. The molecule has 2 aliphatic rings. The molecule has 0 saturated carbocycles. The van der Waals surface area contributed by atoms with Crippen molar-refractivity contribution in [3.05, 3.63) is 18.0 Å². The number of nitrogens with zero attached hydrogens (tertiary/aromatic N) is 4. The second kappa shape index (κ2) is 8.60. The summed E-state index contributed by atoms with van der Waals surface area (Å²) in [5, 5.41) is 6.88. The van der Waals surface area contributed by atoms with Gasteiger partial charge in [0.05, 0.1) is 24.7 Å². The van der Waals surface area contributed by atoms with Gasteiger partial charge in [-0.2, -0.15) is 5.10 Å². The molecule has 182 valence electrons. The highest BCUT2D eigenvalue weighted by Crippen LogP contribution is 2.50. The van der Waals surface area contributed by atoms with Crippen molar-refractivity contribution in [2.45, 2.75) is 25.6 Å². The highest BCUT2D eigenvalue weighted by atomic mass is 19.3. The van der Waals surface area contributed by atoms with Gasteiger partial charge in [0, 0.05) is 32.5 Å². The van der Waals surface area contributed by atoms with Crippen LogP contribution in [0.5, 0.6) is 11.5 Å². The molecule has 33 heavy (non-hydrogen) atoms. The molecule has 0 spiro atoms. The molecular formula is C20H24F5N5O3. The van der Waals surface area contributed by atoms with Gasteiger partial charge in [-0.3, -0.25) is 5.10 Å². The first-order chi connectivity index (χ1) is 15.5. The number of nitrogens with one attached hydrogen (secondary N) is 1. The Balaban J connectivity index is 1.44. The zero-order valence-corrected chi connectivity index (χ0v) is 18.2. The summed E-state index contributed by atoms with van der Waals surface area (Å²) < 4.78 is 83.9. The van der Waals surface area contributed by atoms with E-state index in [9.17, 15) is 22.0 Å². The number of rotatable bonds is 7. The van der Waals surface area contributed by atoms with Gasteiger partial charge in [-0.25, -0.2) is 18.9 Å². The van der Waals surface area contributed by atoms with Crippen molar-refractivity contribution in [2.24, 2.45) is 11.8 Å². The zero-order chi connectivity index (χ0) is 24.0. The third-order valence-electron chi connectivity index (χ3n) is 5.78. The van der Waals surface area contributed by atoms with Crippen LogP contribution in [0.4, 0.5) is 27.7 Å². The number of ether oxygens (including phenoxy) is 3. The Labute approximate surface area is 186 Å². The van der Waals surface area contributed by atoms with Crippen LogP contribution in [0.2, 0.25) is 0 Å². The molecule has 0 aliphatic carbocycles. The van der Waals surface area contributed by atoms with Crippen LogP contribution in [0.1, 0.15) is 12.7 Å². The molecule has 1 N–H and O–H groups in total. The van der Waals surface area contributed by atoms with Gasteiger partial charge < -0.3 is 19.1 Å². The minimum Gasteiger partial charge on any atom is -0.395 e. The van der Waals surface area contributed by atoms with E-state index < -0.39 is 29.8 Å². The Morgan fingerprint density at radius 3 is 2.64 bits per heavy atom. The first kappa shape index (κ1) is 23.5. The number of hydrogen-bond donors (Lipinski definition) is 1. The van der Waals surface area contributed by atoms with Crippen molar-refractivity contribution < 1.29 is 36.3 Å². The number of benzene rings is 1. The largest absolute Gasteiger partial charge is 0.586 e. The van der Waals surface area contributed by atoms with Gasteiger partial charge in [0.15, 0.2) is 17.3 Å². The summed E-state index contributed by atoms with van der Waals surface area (Å²) in [7, 11) is 2.74. The maximum atomic E-state index is 14.4. The predicted octanol–water partition coefficient (Wildman–Crippen LogP) is 3.51. The molecule has 2 aromatic rings. The molecule has 2 unspecified atom stereocenters. The monoisotopic (exact) mass is 477 g/mol. The number of fused-ring (bicyclic) bond motifs is 1. The average Bonchev–Trinajstić information content (AvgIpc) is 3.31. The van der Waals surface area contributed by atoms with Crippen LogP contribution in [0.15, 0.2) is 12.1 Å². The fraction of sp³-hybridized carbons (Fsp3) is 0.600. The predicted molar refractivity (Wildman–Crippen MR) is 107 cm³/mol. The minimum absolute atomic E-state index is 0.00315. The molecule has 4 rings (SSSR count). The molecule has 1 aromatic carbocycles. The number of likely N-dealkylation sites (N-methyl/N-ethyl adjacent to an activating group) is 1. The topological polar surface area (TPSA) is 75.7 Å². The van der Waals surface area contributed by atoms with Crippen LogP contribution in [-0.2, 0) is 11.2 Å². The number of alkyl halides is 4. The van der Waals surface area contributed by atoms with Crippen molar-refractivity contribution in [3.63, 3.8) is 0 Å². The summed E-state index contributed by atoms with van der Waals surface area (Å²) >= 11 is 0. The van der Waals surface area contributed by atoms with Gasteiger partial charge in [-0.15, -0.1) is 13.3 Å². The van der Waals surface area contributed by atoms with Crippen molar-refractivity contribution in [1.29, 1.82) is 0 Å². The van der Waals surface area contributed by atoms with Gasteiger partial charge in [0.1, 0.15) is 11.5 Å². The SMILES string of the molecule is CC1COCC(CN(C)CCc2nc(-c3ccc4c(c3N(C)F)OC(F)(F)O4)n[nH]2)C1(F)F. The number of hydrogen-bond acceptors (Lipinski definition) is 7. The van der Waals surface area contributed by atoms with Crippen LogP contribution in [0.25, 0.3) is 11.4 Å². The lowest BCUT2D eigenvalue weighted by molar-refractivity contribution is -0.286. The van der Waals surface area contributed by atoms with Crippen molar-refractivity contribution >= 4 is 5.69 Å². The van der Waals surface area contributed by atoms with E-state index >= 15 is 0 Å².